The number of carbonyl (C=O) groups is 1. The number of esters is 1. The molecule has 2 N–H and O–H groups in total. The van der Waals surface area contributed by atoms with Gasteiger partial charge in [-0.1, -0.05) is 0 Å². The molecule has 0 aliphatic heterocycles. The molecule has 102 valence electrons. The Hall–Kier alpha value is -0.980. The summed E-state index contributed by atoms with van der Waals surface area (Å²) in [6.45, 7) is 8.60. The van der Waals surface area contributed by atoms with E-state index in [2.05, 4.69) is 4.98 Å². The largest absolute Gasteiger partial charge is 0.459 e. The highest BCUT2D eigenvalue weighted by molar-refractivity contribution is 7.13. The highest BCUT2D eigenvalue weighted by Gasteiger charge is 2.16. The fourth-order valence-corrected chi connectivity index (χ4v) is 2.11. The molecule has 0 aromatic carbocycles. The number of hydrogen-bond acceptors (Lipinski definition) is 6. The zero-order valence-corrected chi connectivity index (χ0v) is 12.1. The van der Waals surface area contributed by atoms with Gasteiger partial charge in [-0.2, -0.15) is 0 Å². The average Bonchev–Trinajstić information content (AvgIpc) is 2.64. The Kier molecular flexibility index (Phi) is 5.25. The van der Waals surface area contributed by atoms with Gasteiger partial charge in [0.15, 0.2) is 0 Å². The van der Waals surface area contributed by atoms with Gasteiger partial charge >= 0.3 is 5.97 Å². The van der Waals surface area contributed by atoms with Crippen LogP contribution in [0.2, 0.25) is 0 Å². The number of hydrogen-bond donors (Lipinski definition) is 1. The van der Waals surface area contributed by atoms with Gasteiger partial charge in [-0.3, -0.25) is 0 Å². The van der Waals surface area contributed by atoms with E-state index in [4.69, 9.17) is 15.2 Å². The molecule has 1 aromatic rings. The zero-order valence-electron chi connectivity index (χ0n) is 11.3. The Bertz CT molecular complexity index is 410. The predicted octanol–water partition coefficient (Wildman–Crippen LogP) is 1.88. The van der Waals surface area contributed by atoms with Crippen molar-refractivity contribution in [3.8, 4) is 0 Å². The van der Waals surface area contributed by atoms with Crippen LogP contribution in [0.4, 0.5) is 0 Å². The number of nitrogens with two attached hydrogens (primary N) is 1. The van der Waals surface area contributed by atoms with Crippen LogP contribution in [0.25, 0.3) is 0 Å². The third kappa shape index (κ3) is 4.72. The molecule has 0 spiro atoms. The van der Waals surface area contributed by atoms with Gasteiger partial charge in [0.1, 0.15) is 16.5 Å². The van der Waals surface area contributed by atoms with E-state index >= 15 is 0 Å². The van der Waals surface area contributed by atoms with Gasteiger partial charge in [0.25, 0.3) is 0 Å². The van der Waals surface area contributed by atoms with E-state index < -0.39 is 0 Å². The molecule has 0 aliphatic rings. The van der Waals surface area contributed by atoms with Gasteiger partial charge in [0.05, 0.1) is 17.9 Å². The third-order valence-corrected chi connectivity index (χ3v) is 3.21. The molecule has 0 saturated carbocycles. The summed E-state index contributed by atoms with van der Waals surface area (Å²) in [5.74, 6) is -0.359. The van der Waals surface area contributed by atoms with E-state index in [0.29, 0.717) is 23.7 Å². The third-order valence-electron chi connectivity index (χ3n) is 2.05. The molecule has 1 rings (SSSR count). The quantitative estimate of drug-likeness (QED) is 0.654. The van der Waals surface area contributed by atoms with Crippen molar-refractivity contribution in [3.05, 3.63) is 15.6 Å². The zero-order chi connectivity index (χ0) is 13.8. The summed E-state index contributed by atoms with van der Waals surface area (Å²) in [6, 6.07) is 0. The highest BCUT2D eigenvalue weighted by Crippen LogP contribution is 2.18. The van der Waals surface area contributed by atoms with Crippen LogP contribution >= 0.6 is 11.3 Å². The van der Waals surface area contributed by atoms with E-state index in [-0.39, 0.29) is 18.2 Å². The van der Waals surface area contributed by atoms with E-state index in [9.17, 15) is 4.79 Å². The van der Waals surface area contributed by atoms with Gasteiger partial charge in [-0.15, -0.1) is 11.3 Å². The smallest absolute Gasteiger partial charge is 0.350 e. The second kappa shape index (κ2) is 6.26. The summed E-state index contributed by atoms with van der Waals surface area (Å²) in [5.41, 5.74) is 5.92. The number of ether oxygens (including phenoxy) is 2. The fourth-order valence-electron chi connectivity index (χ4n) is 1.28. The molecule has 0 aliphatic carbocycles. The SMILES string of the molecule is Cc1nc(CN)sc1C(=O)OCCOC(C)(C)C. The van der Waals surface area contributed by atoms with Crippen molar-refractivity contribution in [1.29, 1.82) is 0 Å². The number of nitrogens with zero attached hydrogens (tertiary/aromatic N) is 1. The van der Waals surface area contributed by atoms with E-state index in [1.807, 2.05) is 20.8 Å². The van der Waals surface area contributed by atoms with Crippen molar-refractivity contribution >= 4 is 17.3 Å². The van der Waals surface area contributed by atoms with E-state index in [1.165, 1.54) is 11.3 Å². The van der Waals surface area contributed by atoms with E-state index in [0.717, 1.165) is 5.01 Å². The van der Waals surface area contributed by atoms with Gasteiger partial charge in [0.2, 0.25) is 0 Å². The number of rotatable bonds is 5. The van der Waals surface area contributed by atoms with Crippen LogP contribution in [0, 0.1) is 6.92 Å². The van der Waals surface area contributed by atoms with Crippen molar-refractivity contribution in [2.24, 2.45) is 5.73 Å². The Morgan fingerprint density at radius 3 is 2.56 bits per heavy atom. The van der Waals surface area contributed by atoms with Crippen LogP contribution in [-0.2, 0) is 16.0 Å². The maximum absolute atomic E-state index is 11.8. The summed E-state index contributed by atoms with van der Waals surface area (Å²) in [7, 11) is 0. The van der Waals surface area contributed by atoms with Crippen molar-refractivity contribution < 1.29 is 14.3 Å². The topological polar surface area (TPSA) is 74.4 Å². The summed E-state index contributed by atoms with van der Waals surface area (Å²) >= 11 is 1.28. The standard InChI is InChI=1S/C12H20N2O3S/c1-8-10(18-9(7-13)14-8)11(15)16-5-6-17-12(2,3)4/h5-7,13H2,1-4H3. The first-order valence-electron chi connectivity index (χ1n) is 5.81. The number of thiazole rings is 1. The number of aromatic nitrogens is 1. The molecule has 0 amide bonds. The first-order chi connectivity index (χ1) is 8.33. The molecule has 0 fully saturated rings. The maximum atomic E-state index is 11.8. The lowest BCUT2D eigenvalue weighted by Crippen LogP contribution is -2.22. The van der Waals surface area contributed by atoms with Gasteiger partial charge in [0, 0.05) is 6.54 Å². The number of carbonyl (C=O) groups excluding carboxylic acids is 1. The highest BCUT2D eigenvalue weighted by atomic mass is 32.1. The molecule has 1 aromatic heterocycles. The molecule has 6 heteroatoms. The molecule has 0 radical (unpaired) electrons. The first-order valence-corrected chi connectivity index (χ1v) is 6.62. The van der Waals surface area contributed by atoms with Crippen LogP contribution in [-0.4, -0.2) is 29.8 Å². The lowest BCUT2D eigenvalue weighted by molar-refractivity contribution is -0.0280. The van der Waals surface area contributed by atoms with Crippen molar-refractivity contribution in [3.63, 3.8) is 0 Å². The molecule has 18 heavy (non-hydrogen) atoms. The van der Waals surface area contributed by atoms with Crippen molar-refractivity contribution in [1.82, 2.24) is 4.98 Å². The second-order valence-corrected chi connectivity index (χ2v) is 5.91. The van der Waals surface area contributed by atoms with Crippen LogP contribution in [0.5, 0.6) is 0 Å². The minimum absolute atomic E-state index is 0.223. The number of aryl methyl sites for hydroxylation is 1. The Morgan fingerprint density at radius 1 is 1.39 bits per heavy atom. The van der Waals surface area contributed by atoms with Crippen molar-refractivity contribution in [2.45, 2.75) is 39.8 Å². The minimum Gasteiger partial charge on any atom is -0.459 e. The fraction of sp³-hybridized carbons (Fsp3) is 0.667. The molecule has 0 atom stereocenters. The summed E-state index contributed by atoms with van der Waals surface area (Å²) in [4.78, 5) is 16.5. The lowest BCUT2D eigenvalue weighted by atomic mass is 10.2. The Balaban J connectivity index is 2.43. The maximum Gasteiger partial charge on any atom is 0.350 e. The molecule has 0 saturated heterocycles. The minimum atomic E-state index is -0.359. The molecule has 1 heterocycles. The van der Waals surface area contributed by atoms with Crippen LogP contribution in [0.1, 0.15) is 41.1 Å². The Morgan fingerprint density at radius 2 is 2.06 bits per heavy atom. The molecule has 0 unspecified atom stereocenters. The molecule has 0 bridgehead atoms. The van der Waals surface area contributed by atoms with Gasteiger partial charge in [-0.25, -0.2) is 9.78 Å². The summed E-state index contributed by atoms with van der Waals surface area (Å²) < 4.78 is 10.6. The predicted molar refractivity (Wildman–Crippen MR) is 70.7 cm³/mol. The average molecular weight is 272 g/mol. The molecular formula is C12H20N2O3S. The van der Waals surface area contributed by atoms with Crippen LogP contribution in [0.15, 0.2) is 0 Å². The normalized spacial score (nSPS) is 11.6. The van der Waals surface area contributed by atoms with E-state index in [1.54, 1.807) is 6.92 Å². The van der Waals surface area contributed by atoms with Gasteiger partial charge < -0.3 is 15.2 Å². The lowest BCUT2D eigenvalue weighted by Gasteiger charge is -2.19. The van der Waals surface area contributed by atoms with Crippen LogP contribution in [0.3, 0.4) is 0 Å². The molecule has 5 nitrogen and oxygen atoms in total. The first kappa shape index (κ1) is 15.1. The van der Waals surface area contributed by atoms with Gasteiger partial charge in [-0.05, 0) is 27.7 Å². The summed E-state index contributed by atoms with van der Waals surface area (Å²) in [5, 5.41) is 0.741. The Labute approximate surface area is 111 Å². The van der Waals surface area contributed by atoms with Crippen molar-refractivity contribution in [2.75, 3.05) is 13.2 Å². The summed E-state index contributed by atoms with van der Waals surface area (Å²) in [6.07, 6.45) is 0. The molecular weight excluding hydrogens is 252 g/mol. The van der Waals surface area contributed by atoms with Crippen LogP contribution < -0.4 is 5.73 Å². The second-order valence-electron chi connectivity index (χ2n) is 4.82. The monoisotopic (exact) mass is 272 g/mol.